The summed E-state index contributed by atoms with van der Waals surface area (Å²) in [5, 5.41) is 0. The number of benzene rings is 1. The first-order valence-corrected chi connectivity index (χ1v) is 9.58. The summed E-state index contributed by atoms with van der Waals surface area (Å²) in [4.78, 5) is 17.5. The molecule has 0 spiro atoms. The van der Waals surface area contributed by atoms with Gasteiger partial charge in [0.25, 0.3) is 0 Å². The first-order valence-electron chi connectivity index (χ1n) is 8.27. The fourth-order valence-corrected chi connectivity index (χ4v) is 4.49. The van der Waals surface area contributed by atoms with Crippen molar-refractivity contribution in [2.24, 2.45) is 11.7 Å². The van der Waals surface area contributed by atoms with Crippen molar-refractivity contribution < 1.29 is 9.00 Å². The Bertz CT molecular complexity index is 602. The van der Waals surface area contributed by atoms with Gasteiger partial charge in [-0.3, -0.25) is 9.00 Å². The average molecular weight is 335 g/mol. The summed E-state index contributed by atoms with van der Waals surface area (Å²) in [5.74, 6) is 0.837. The Morgan fingerprint density at radius 1 is 1.26 bits per heavy atom. The fraction of sp³-hybridized carbons (Fsp3) is 0.588. The highest BCUT2D eigenvalue weighted by Crippen LogP contribution is 2.35. The summed E-state index contributed by atoms with van der Waals surface area (Å²) in [6.07, 6.45) is 1.05. The maximum Gasteiger partial charge on any atom is 0.225 e. The van der Waals surface area contributed by atoms with Crippen molar-refractivity contribution in [3.05, 3.63) is 24.3 Å². The zero-order chi connectivity index (χ0) is 16.6. The molecule has 0 saturated carbocycles. The Kier molecular flexibility index (Phi) is 4.73. The summed E-state index contributed by atoms with van der Waals surface area (Å²) in [6, 6.07) is 8.69. The van der Waals surface area contributed by atoms with Crippen LogP contribution in [0.3, 0.4) is 0 Å². The van der Waals surface area contributed by atoms with E-state index in [1.807, 2.05) is 38.1 Å². The molecule has 126 valence electrons. The molecule has 2 heterocycles. The molecule has 2 aliphatic rings. The van der Waals surface area contributed by atoms with Crippen LogP contribution in [0.2, 0.25) is 0 Å². The summed E-state index contributed by atoms with van der Waals surface area (Å²) in [6.45, 7) is 6.08. The van der Waals surface area contributed by atoms with E-state index >= 15 is 0 Å². The maximum atomic E-state index is 12.2. The molecule has 1 unspecified atom stereocenters. The number of hydrogen-bond donors (Lipinski definition) is 1. The van der Waals surface area contributed by atoms with E-state index in [1.54, 1.807) is 0 Å². The van der Waals surface area contributed by atoms with Crippen LogP contribution in [0.1, 0.15) is 20.3 Å². The Hall–Kier alpha value is -1.40. The minimum Gasteiger partial charge on any atom is -0.365 e. The Labute approximate surface area is 140 Å². The molecule has 23 heavy (non-hydrogen) atoms. The second-order valence-electron chi connectivity index (χ2n) is 6.67. The average Bonchev–Trinajstić information content (AvgIpc) is 3.14. The lowest BCUT2D eigenvalue weighted by Crippen LogP contribution is -2.50. The fourth-order valence-electron chi connectivity index (χ4n) is 3.60. The number of carbonyl (C=O) groups is 1. The number of amides is 1. The summed E-state index contributed by atoms with van der Waals surface area (Å²) in [7, 11) is -1.01. The molecule has 5 nitrogen and oxygen atoms in total. The molecule has 1 amide bonds. The number of fused-ring (bicyclic) bond motifs is 2. The number of hydrogen-bond acceptors (Lipinski definition) is 4. The highest BCUT2D eigenvalue weighted by Gasteiger charge is 2.45. The molecule has 1 aromatic carbocycles. The number of likely N-dealkylation sites (tertiary alicyclic amines) is 1. The van der Waals surface area contributed by atoms with E-state index in [4.69, 9.17) is 5.73 Å². The van der Waals surface area contributed by atoms with Crippen LogP contribution in [-0.4, -0.2) is 52.5 Å². The number of carbonyl (C=O) groups excluding carboxylic acids is 1. The van der Waals surface area contributed by atoms with Crippen LogP contribution >= 0.6 is 0 Å². The third-order valence-corrected chi connectivity index (χ3v) is 6.16. The second kappa shape index (κ2) is 6.61. The lowest BCUT2D eigenvalue weighted by Gasteiger charge is -2.36. The van der Waals surface area contributed by atoms with Crippen LogP contribution in [0, 0.1) is 5.92 Å². The van der Waals surface area contributed by atoms with Crippen LogP contribution in [0.15, 0.2) is 29.2 Å². The quantitative estimate of drug-likeness (QED) is 0.878. The van der Waals surface area contributed by atoms with Crippen LogP contribution in [-0.2, 0) is 15.6 Å². The normalized spacial score (nSPS) is 24.5. The first-order chi connectivity index (χ1) is 11.0. The minimum absolute atomic E-state index is 0.0691. The van der Waals surface area contributed by atoms with Crippen molar-refractivity contribution in [1.82, 2.24) is 4.90 Å². The molecule has 1 aromatic rings. The van der Waals surface area contributed by atoms with E-state index < -0.39 is 10.8 Å². The predicted molar refractivity (Wildman–Crippen MR) is 92.9 cm³/mol. The standard InChI is InChI=1S/C17H25N3O2S/c1-12(2)17(21)20-11-14-9-15(20)10-19(14)13-3-5-16(6-4-13)23(22)8-7-18/h3-6,12,14-15H,7-11,18H2,1-2H3/t14-,15-,23?/m0/s1. The molecule has 0 radical (unpaired) electrons. The molecule has 6 heteroatoms. The number of rotatable bonds is 5. The zero-order valence-corrected chi connectivity index (χ0v) is 14.6. The maximum absolute atomic E-state index is 12.2. The van der Waals surface area contributed by atoms with Crippen molar-refractivity contribution in [3.8, 4) is 0 Å². The van der Waals surface area contributed by atoms with E-state index in [2.05, 4.69) is 9.80 Å². The van der Waals surface area contributed by atoms with Crippen LogP contribution in [0.4, 0.5) is 5.69 Å². The molecule has 0 aliphatic carbocycles. The Morgan fingerprint density at radius 2 is 1.96 bits per heavy atom. The van der Waals surface area contributed by atoms with Crippen molar-refractivity contribution in [3.63, 3.8) is 0 Å². The topological polar surface area (TPSA) is 66.6 Å². The number of piperazine rings is 1. The number of anilines is 1. The van der Waals surface area contributed by atoms with Gasteiger partial charge in [0.1, 0.15) is 0 Å². The van der Waals surface area contributed by atoms with E-state index in [0.29, 0.717) is 24.4 Å². The van der Waals surface area contributed by atoms with Crippen molar-refractivity contribution >= 4 is 22.4 Å². The van der Waals surface area contributed by atoms with E-state index in [1.165, 1.54) is 0 Å². The van der Waals surface area contributed by atoms with Crippen molar-refractivity contribution in [2.45, 2.75) is 37.2 Å². The molecule has 2 fully saturated rings. The second-order valence-corrected chi connectivity index (χ2v) is 8.24. The molecule has 0 aromatic heterocycles. The molecule has 2 bridgehead atoms. The van der Waals surface area contributed by atoms with Gasteiger partial charge in [-0.2, -0.15) is 0 Å². The van der Waals surface area contributed by atoms with Gasteiger partial charge in [-0.15, -0.1) is 0 Å². The smallest absolute Gasteiger partial charge is 0.225 e. The lowest BCUT2D eigenvalue weighted by atomic mass is 10.1. The molecule has 2 N–H and O–H groups in total. The monoisotopic (exact) mass is 335 g/mol. The van der Waals surface area contributed by atoms with Gasteiger partial charge < -0.3 is 15.5 Å². The molecular formula is C17H25N3O2S. The van der Waals surface area contributed by atoms with Gasteiger partial charge in [0.2, 0.25) is 5.91 Å². The predicted octanol–water partition coefficient (Wildman–Crippen LogP) is 1.20. The van der Waals surface area contributed by atoms with Crippen LogP contribution < -0.4 is 10.6 Å². The molecule has 3 atom stereocenters. The Balaban J connectivity index is 1.67. The van der Waals surface area contributed by atoms with Gasteiger partial charge in [-0.1, -0.05) is 13.8 Å². The van der Waals surface area contributed by atoms with Gasteiger partial charge in [-0.05, 0) is 30.7 Å². The third-order valence-electron chi connectivity index (χ3n) is 4.75. The van der Waals surface area contributed by atoms with Gasteiger partial charge in [-0.25, -0.2) is 0 Å². The zero-order valence-electron chi connectivity index (χ0n) is 13.8. The summed E-state index contributed by atoms with van der Waals surface area (Å²) < 4.78 is 12.0. The molecule has 3 rings (SSSR count). The van der Waals surface area contributed by atoms with E-state index in [9.17, 15) is 9.00 Å². The van der Waals surface area contributed by atoms with Gasteiger partial charge in [0, 0.05) is 47.9 Å². The summed E-state index contributed by atoms with van der Waals surface area (Å²) in [5.41, 5.74) is 6.62. The molecular weight excluding hydrogens is 310 g/mol. The molecule has 2 saturated heterocycles. The van der Waals surface area contributed by atoms with Crippen molar-refractivity contribution in [2.75, 3.05) is 30.3 Å². The van der Waals surface area contributed by atoms with Crippen LogP contribution in [0.5, 0.6) is 0 Å². The van der Waals surface area contributed by atoms with E-state index in [0.717, 1.165) is 30.1 Å². The number of nitrogens with two attached hydrogens (primary N) is 1. The van der Waals surface area contributed by atoms with Gasteiger partial charge in [0.15, 0.2) is 0 Å². The highest BCUT2D eigenvalue weighted by molar-refractivity contribution is 7.85. The van der Waals surface area contributed by atoms with Crippen LogP contribution in [0.25, 0.3) is 0 Å². The lowest BCUT2D eigenvalue weighted by molar-refractivity contribution is -0.135. The third kappa shape index (κ3) is 3.15. The largest absolute Gasteiger partial charge is 0.365 e. The highest BCUT2D eigenvalue weighted by atomic mass is 32.2. The van der Waals surface area contributed by atoms with Gasteiger partial charge in [0.05, 0.1) is 16.8 Å². The SMILES string of the molecule is CC(C)C(=O)N1C[C@@H]2C[C@H]1CN2c1ccc(S(=O)CCN)cc1. The first kappa shape index (κ1) is 16.5. The summed E-state index contributed by atoms with van der Waals surface area (Å²) >= 11 is 0. The van der Waals surface area contributed by atoms with Crippen molar-refractivity contribution in [1.29, 1.82) is 0 Å². The minimum atomic E-state index is -1.01. The number of nitrogens with zero attached hydrogens (tertiary/aromatic N) is 2. The Morgan fingerprint density at radius 3 is 2.48 bits per heavy atom. The van der Waals surface area contributed by atoms with E-state index in [-0.39, 0.29) is 11.8 Å². The molecule has 2 aliphatic heterocycles. The van der Waals surface area contributed by atoms with Gasteiger partial charge >= 0.3 is 0 Å².